The van der Waals surface area contributed by atoms with Gasteiger partial charge in [0.25, 0.3) is 0 Å². The molecule has 0 spiro atoms. The number of hydrogen-bond donors (Lipinski definition) is 1. The molecule has 1 N–H and O–H groups in total. The highest BCUT2D eigenvalue weighted by Gasteiger charge is 2.09. The zero-order valence-electron chi connectivity index (χ0n) is 10.6. The Morgan fingerprint density at radius 2 is 2.00 bits per heavy atom. The first-order valence-corrected chi connectivity index (χ1v) is 6.03. The van der Waals surface area contributed by atoms with Crippen LogP contribution in [-0.4, -0.2) is 16.5 Å². The topological polar surface area (TPSA) is 37.8 Å². The maximum absolute atomic E-state index is 13.6. The molecule has 0 amide bonds. The molecular formula is C14H16FN3. The number of hydrogen-bond acceptors (Lipinski definition) is 3. The van der Waals surface area contributed by atoms with Gasteiger partial charge in [0.1, 0.15) is 11.5 Å². The number of aromatic nitrogens is 2. The van der Waals surface area contributed by atoms with Gasteiger partial charge in [-0.2, -0.15) is 0 Å². The van der Waals surface area contributed by atoms with E-state index in [2.05, 4.69) is 22.2 Å². The summed E-state index contributed by atoms with van der Waals surface area (Å²) in [5, 5.41) is 3.20. The average molecular weight is 245 g/mol. The first-order valence-electron chi connectivity index (χ1n) is 6.03. The van der Waals surface area contributed by atoms with E-state index in [-0.39, 0.29) is 5.82 Å². The lowest BCUT2D eigenvalue weighted by molar-refractivity contribution is 0.619. The second-order valence-electron chi connectivity index (χ2n) is 4.14. The zero-order valence-corrected chi connectivity index (χ0v) is 10.6. The van der Waals surface area contributed by atoms with Crippen LogP contribution in [0.3, 0.4) is 0 Å². The summed E-state index contributed by atoms with van der Waals surface area (Å²) in [5.74, 6) is 0.474. The molecule has 2 aromatic rings. The van der Waals surface area contributed by atoms with Crippen LogP contribution in [-0.2, 0) is 0 Å². The number of nitrogens with one attached hydrogen (secondary N) is 1. The van der Waals surface area contributed by atoms with Crippen molar-refractivity contribution < 1.29 is 4.39 Å². The van der Waals surface area contributed by atoms with Crippen LogP contribution >= 0.6 is 0 Å². The summed E-state index contributed by atoms with van der Waals surface area (Å²) in [7, 11) is 0. The van der Waals surface area contributed by atoms with Crippen LogP contribution in [0.1, 0.15) is 18.9 Å². The monoisotopic (exact) mass is 245 g/mol. The van der Waals surface area contributed by atoms with E-state index in [1.54, 1.807) is 25.4 Å². The van der Waals surface area contributed by atoms with E-state index < -0.39 is 0 Å². The van der Waals surface area contributed by atoms with Crippen molar-refractivity contribution in [3.63, 3.8) is 0 Å². The Bertz CT molecular complexity index is 540. The number of aryl methyl sites for hydroxylation is 1. The van der Waals surface area contributed by atoms with Gasteiger partial charge in [-0.05, 0) is 25.0 Å². The number of benzene rings is 1. The first-order chi connectivity index (χ1) is 8.72. The molecular weight excluding hydrogens is 229 g/mol. The quantitative estimate of drug-likeness (QED) is 0.897. The standard InChI is InChI=1S/C14H16FN3/c1-3-6-17-14-13(16-7-8-18-14)11-5-4-10(2)12(15)9-11/h4-5,7-9H,3,6H2,1-2H3,(H,17,18). The molecule has 0 saturated carbocycles. The van der Waals surface area contributed by atoms with Crippen LogP contribution in [0.15, 0.2) is 30.6 Å². The van der Waals surface area contributed by atoms with Crippen molar-refractivity contribution in [2.45, 2.75) is 20.3 Å². The molecule has 4 heteroatoms. The van der Waals surface area contributed by atoms with Crippen LogP contribution in [0.2, 0.25) is 0 Å². The van der Waals surface area contributed by atoms with Gasteiger partial charge in [-0.1, -0.05) is 19.1 Å². The molecule has 94 valence electrons. The Balaban J connectivity index is 2.39. The highest BCUT2D eigenvalue weighted by Crippen LogP contribution is 2.25. The summed E-state index contributed by atoms with van der Waals surface area (Å²) in [6, 6.07) is 5.11. The summed E-state index contributed by atoms with van der Waals surface area (Å²) < 4.78 is 13.6. The lowest BCUT2D eigenvalue weighted by Gasteiger charge is -2.09. The van der Waals surface area contributed by atoms with E-state index in [4.69, 9.17) is 0 Å². The molecule has 18 heavy (non-hydrogen) atoms. The van der Waals surface area contributed by atoms with Crippen LogP contribution in [0, 0.1) is 12.7 Å². The van der Waals surface area contributed by atoms with Gasteiger partial charge in [0, 0.05) is 24.5 Å². The highest BCUT2D eigenvalue weighted by atomic mass is 19.1. The maximum Gasteiger partial charge on any atom is 0.152 e. The molecule has 0 saturated heterocycles. The minimum absolute atomic E-state index is 0.223. The van der Waals surface area contributed by atoms with E-state index in [1.165, 1.54) is 6.07 Å². The van der Waals surface area contributed by atoms with Gasteiger partial charge < -0.3 is 5.32 Å². The van der Waals surface area contributed by atoms with Crippen molar-refractivity contribution in [3.05, 3.63) is 42.0 Å². The molecule has 1 heterocycles. The Labute approximate surface area is 106 Å². The van der Waals surface area contributed by atoms with E-state index in [9.17, 15) is 4.39 Å². The van der Waals surface area contributed by atoms with Crippen LogP contribution in [0.25, 0.3) is 11.3 Å². The van der Waals surface area contributed by atoms with Crippen molar-refractivity contribution in [3.8, 4) is 11.3 Å². The fourth-order valence-corrected chi connectivity index (χ4v) is 1.66. The Hall–Kier alpha value is -1.97. The molecule has 1 aromatic carbocycles. The summed E-state index contributed by atoms with van der Waals surface area (Å²) in [6.45, 7) is 4.64. The van der Waals surface area contributed by atoms with Gasteiger partial charge >= 0.3 is 0 Å². The van der Waals surface area contributed by atoms with Gasteiger partial charge in [0.15, 0.2) is 5.82 Å². The predicted molar refractivity (Wildman–Crippen MR) is 70.9 cm³/mol. The second kappa shape index (κ2) is 5.58. The van der Waals surface area contributed by atoms with Crippen molar-refractivity contribution in [1.82, 2.24) is 9.97 Å². The molecule has 0 radical (unpaired) electrons. The van der Waals surface area contributed by atoms with Crippen molar-refractivity contribution in [2.24, 2.45) is 0 Å². The molecule has 0 bridgehead atoms. The Kier molecular flexibility index (Phi) is 3.87. The van der Waals surface area contributed by atoms with E-state index in [0.717, 1.165) is 18.5 Å². The predicted octanol–water partition coefficient (Wildman–Crippen LogP) is 3.41. The van der Waals surface area contributed by atoms with Crippen molar-refractivity contribution in [2.75, 3.05) is 11.9 Å². The number of anilines is 1. The molecule has 0 aliphatic carbocycles. The van der Waals surface area contributed by atoms with Gasteiger partial charge in [0.2, 0.25) is 0 Å². The molecule has 0 unspecified atom stereocenters. The third kappa shape index (κ3) is 2.64. The van der Waals surface area contributed by atoms with E-state index >= 15 is 0 Å². The van der Waals surface area contributed by atoms with E-state index in [1.807, 2.05) is 6.07 Å². The maximum atomic E-state index is 13.6. The van der Waals surface area contributed by atoms with Crippen LogP contribution in [0.5, 0.6) is 0 Å². The second-order valence-corrected chi connectivity index (χ2v) is 4.14. The first kappa shape index (κ1) is 12.5. The molecule has 3 nitrogen and oxygen atoms in total. The van der Waals surface area contributed by atoms with Crippen molar-refractivity contribution >= 4 is 5.82 Å². The minimum Gasteiger partial charge on any atom is -0.368 e. The SMILES string of the molecule is CCCNc1nccnc1-c1ccc(C)c(F)c1. The number of nitrogens with zero attached hydrogens (tertiary/aromatic N) is 2. The third-order valence-electron chi connectivity index (χ3n) is 2.69. The Morgan fingerprint density at radius 3 is 2.72 bits per heavy atom. The summed E-state index contributed by atoms with van der Waals surface area (Å²) >= 11 is 0. The highest BCUT2D eigenvalue weighted by molar-refractivity contribution is 5.71. The largest absolute Gasteiger partial charge is 0.368 e. The molecule has 0 aliphatic heterocycles. The smallest absolute Gasteiger partial charge is 0.152 e. The lowest BCUT2D eigenvalue weighted by Crippen LogP contribution is -2.04. The van der Waals surface area contributed by atoms with Crippen LogP contribution < -0.4 is 5.32 Å². The molecule has 1 aromatic heterocycles. The Morgan fingerprint density at radius 1 is 1.22 bits per heavy atom. The lowest BCUT2D eigenvalue weighted by atomic mass is 10.1. The molecule has 0 atom stereocenters. The summed E-state index contributed by atoms with van der Waals surface area (Å²) in [5.41, 5.74) is 2.06. The van der Waals surface area contributed by atoms with Gasteiger partial charge in [-0.25, -0.2) is 9.37 Å². The number of halogens is 1. The fraction of sp³-hybridized carbons (Fsp3) is 0.286. The van der Waals surface area contributed by atoms with E-state index in [0.29, 0.717) is 17.1 Å². The van der Waals surface area contributed by atoms with Crippen molar-refractivity contribution in [1.29, 1.82) is 0 Å². The molecule has 0 fully saturated rings. The molecule has 2 rings (SSSR count). The van der Waals surface area contributed by atoms with Gasteiger partial charge in [-0.3, -0.25) is 4.98 Å². The minimum atomic E-state index is -0.223. The molecule has 0 aliphatic rings. The van der Waals surface area contributed by atoms with Gasteiger partial charge in [0.05, 0.1) is 0 Å². The van der Waals surface area contributed by atoms with Crippen LogP contribution in [0.4, 0.5) is 10.2 Å². The third-order valence-corrected chi connectivity index (χ3v) is 2.69. The van der Waals surface area contributed by atoms with Gasteiger partial charge in [-0.15, -0.1) is 0 Å². The average Bonchev–Trinajstić information content (AvgIpc) is 2.40. The fourth-order valence-electron chi connectivity index (χ4n) is 1.66. The normalized spacial score (nSPS) is 10.4. The number of rotatable bonds is 4. The summed E-state index contributed by atoms with van der Waals surface area (Å²) in [4.78, 5) is 8.53. The summed E-state index contributed by atoms with van der Waals surface area (Å²) in [6.07, 6.45) is 4.24. The zero-order chi connectivity index (χ0) is 13.0.